The number of nitrogens with one attached hydrogen (secondary N) is 2. The van der Waals surface area contributed by atoms with Gasteiger partial charge in [-0.2, -0.15) is 10.4 Å². The monoisotopic (exact) mass is 480 g/mol. The predicted molar refractivity (Wildman–Crippen MR) is 126 cm³/mol. The number of carbonyl (C=O) groups is 1. The topological polar surface area (TPSA) is 115 Å². The molecule has 0 bridgehead atoms. The van der Waals surface area contributed by atoms with Crippen molar-refractivity contribution in [2.24, 2.45) is 0 Å². The highest BCUT2D eigenvalue weighted by Crippen LogP contribution is 2.36. The van der Waals surface area contributed by atoms with Crippen molar-refractivity contribution in [2.45, 2.75) is 45.2 Å². The fraction of sp³-hybridized carbons (Fsp3) is 0.292. The van der Waals surface area contributed by atoms with Gasteiger partial charge < -0.3 is 10.2 Å². The van der Waals surface area contributed by atoms with Gasteiger partial charge in [-0.05, 0) is 43.0 Å². The first-order chi connectivity index (χ1) is 16.4. The number of nitrogens with zero attached hydrogens (tertiary/aromatic N) is 4. The first kappa shape index (κ1) is 23.4. The van der Waals surface area contributed by atoms with Crippen LogP contribution < -0.4 is 10.9 Å². The number of benzene rings is 1. The zero-order valence-corrected chi connectivity index (χ0v) is 19.4. The number of hydrogen-bond acceptors (Lipinski definition) is 5. The molecule has 10 heteroatoms. The molecular formula is C24H22ClFN6O2. The molecule has 0 saturated carbocycles. The van der Waals surface area contributed by atoms with E-state index >= 15 is 4.39 Å². The van der Waals surface area contributed by atoms with Crippen LogP contribution in [0.25, 0.3) is 11.1 Å². The normalized spacial score (nSPS) is 17.1. The largest absolute Gasteiger partial charge is 0.322 e. The van der Waals surface area contributed by atoms with Gasteiger partial charge in [0, 0.05) is 35.6 Å². The van der Waals surface area contributed by atoms with Crippen LogP contribution in [0.15, 0.2) is 41.5 Å². The van der Waals surface area contributed by atoms with Crippen LogP contribution in [0.4, 0.5) is 14.9 Å². The molecular weight excluding hydrogens is 459 g/mol. The Hall–Kier alpha value is -3.77. The van der Waals surface area contributed by atoms with Crippen molar-refractivity contribution in [1.82, 2.24) is 20.1 Å². The summed E-state index contributed by atoms with van der Waals surface area (Å²) in [5, 5.41) is 18.6. The average molecular weight is 481 g/mol. The van der Waals surface area contributed by atoms with Gasteiger partial charge in [-0.1, -0.05) is 25.4 Å². The third-order valence-electron chi connectivity index (χ3n) is 5.99. The van der Waals surface area contributed by atoms with E-state index in [1.54, 1.807) is 11.0 Å². The molecule has 1 aromatic carbocycles. The number of carbonyl (C=O) groups excluding carboxylic acids is 1. The van der Waals surface area contributed by atoms with E-state index in [0.717, 1.165) is 5.56 Å². The number of nitriles is 1. The molecule has 174 valence electrons. The van der Waals surface area contributed by atoms with Gasteiger partial charge in [-0.15, -0.1) is 0 Å². The quantitative estimate of drug-likeness (QED) is 0.555. The summed E-state index contributed by atoms with van der Waals surface area (Å²) in [6.45, 7) is 3.88. The van der Waals surface area contributed by atoms with Crippen LogP contribution in [0, 0.1) is 17.1 Å². The number of aromatic amines is 1. The van der Waals surface area contributed by atoms with Crippen LogP contribution in [0.2, 0.25) is 5.02 Å². The van der Waals surface area contributed by atoms with Crippen LogP contribution in [0.3, 0.4) is 0 Å². The van der Waals surface area contributed by atoms with Crippen molar-refractivity contribution in [3.05, 3.63) is 74.7 Å². The zero-order chi connectivity index (χ0) is 24.4. The zero-order valence-electron chi connectivity index (χ0n) is 18.6. The van der Waals surface area contributed by atoms with E-state index < -0.39 is 11.8 Å². The fourth-order valence-electron chi connectivity index (χ4n) is 4.37. The van der Waals surface area contributed by atoms with Gasteiger partial charge in [-0.25, -0.2) is 14.3 Å². The number of rotatable bonds is 4. The van der Waals surface area contributed by atoms with Gasteiger partial charge in [-0.3, -0.25) is 9.78 Å². The molecule has 2 atom stereocenters. The van der Waals surface area contributed by atoms with Crippen molar-refractivity contribution in [3.8, 4) is 17.2 Å². The van der Waals surface area contributed by atoms with Crippen molar-refractivity contribution in [2.75, 3.05) is 5.32 Å². The van der Waals surface area contributed by atoms with Crippen LogP contribution in [0.1, 0.15) is 49.6 Å². The number of hydrogen-bond donors (Lipinski definition) is 2. The summed E-state index contributed by atoms with van der Waals surface area (Å²) >= 11 is 6.41. The first-order valence-electron chi connectivity index (χ1n) is 10.9. The lowest BCUT2D eigenvalue weighted by Gasteiger charge is -2.41. The van der Waals surface area contributed by atoms with Gasteiger partial charge in [0.15, 0.2) is 0 Å². The van der Waals surface area contributed by atoms with Crippen LogP contribution in [-0.2, 0) is 6.42 Å². The second-order valence-electron chi connectivity index (χ2n) is 8.06. The van der Waals surface area contributed by atoms with Gasteiger partial charge in [0.1, 0.15) is 11.9 Å². The minimum Gasteiger partial charge on any atom is -0.313 e. The Balaban J connectivity index is 1.65. The Morgan fingerprint density at radius 2 is 2.09 bits per heavy atom. The van der Waals surface area contributed by atoms with Crippen LogP contribution >= 0.6 is 11.6 Å². The molecule has 2 amide bonds. The molecule has 34 heavy (non-hydrogen) atoms. The van der Waals surface area contributed by atoms with E-state index in [1.807, 2.05) is 19.9 Å². The van der Waals surface area contributed by atoms with Crippen molar-refractivity contribution in [1.29, 1.82) is 5.26 Å². The summed E-state index contributed by atoms with van der Waals surface area (Å²) < 4.78 is 15.0. The third-order valence-corrected chi connectivity index (χ3v) is 6.30. The number of amides is 2. The third kappa shape index (κ3) is 4.37. The van der Waals surface area contributed by atoms with E-state index in [-0.39, 0.29) is 28.4 Å². The van der Waals surface area contributed by atoms with E-state index in [0.29, 0.717) is 41.6 Å². The molecule has 3 heterocycles. The molecule has 2 N–H and O–H groups in total. The maximum absolute atomic E-state index is 15.0. The maximum Gasteiger partial charge on any atom is 0.322 e. The van der Waals surface area contributed by atoms with E-state index in [9.17, 15) is 9.59 Å². The van der Waals surface area contributed by atoms with Crippen molar-refractivity contribution < 1.29 is 9.18 Å². The molecule has 0 fully saturated rings. The van der Waals surface area contributed by atoms with Crippen LogP contribution in [0.5, 0.6) is 0 Å². The van der Waals surface area contributed by atoms with E-state index in [2.05, 4.69) is 20.5 Å². The number of H-pyrrole nitrogens is 1. The molecule has 2 aromatic heterocycles. The molecule has 8 nitrogen and oxygen atoms in total. The Bertz CT molecular complexity index is 1350. The summed E-state index contributed by atoms with van der Waals surface area (Å²) in [5.41, 5.74) is 2.29. The molecule has 0 spiro atoms. The minimum atomic E-state index is -0.670. The average Bonchev–Trinajstić information content (AvgIpc) is 2.84. The summed E-state index contributed by atoms with van der Waals surface area (Å²) in [7, 11) is 0. The Morgan fingerprint density at radius 1 is 1.29 bits per heavy atom. The molecule has 1 aliphatic heterocycles. The van der Waals surface area contributed by atoms with Gasteiger partial charge in [0.2, 0.25) is 0 Å². The smallest absolute Gasteiger partial charge is 0.313 e. The fourth-order valence-corrected chi connectivity index (χ4v) is 4.65. The summed E-state index contributed by atoms with van der Waals surface area (Å²) in [5.74, 6) is -0.670. The Labute approximate surface area is 200 Å². The lowest BCUT2D eigenvalue weighted by Crippen LogP contribution is -2.49. The number of fused-ring (bicyclic) bond motifs is 1. The molecule has 0 radical (unpaired) electrons. The molecule has 0 saturated heterocycles. The lowest BCUT2D eigenvalue weighted by atomic mass is 9.90. The van der Waals surface area contributed by atoms with Gasteiger partial charge in [0.05, 0.1) is 28.0 Å². The number of anilines is 1. The number of pyridine rings is 1. The second kappa shape index (κ2) is 9.61. The molecule has 1 aliphatic rings. The molecule has 0 aliphatic carbocycles. The number of urea groups is 1. The van der Waals surface area contributed by atoms with Crippen LogP contribution in [-0.4, -0.2) is 32.2 Å². The van der Waals surface area contributed by atoms with Crippen molar-refractivity contribution in [3.63, 3.8) is 0 Å². The number of halogens is 2. The second-order valence-corrected chi connectivity index (χ2v) is 8.46. The lowest BCUT2D eigenvalue weighted by molar-refractivity contribution is 0.135. The Morgan fingerprint density at radius 3 is 2.79 bits per heavy atom. The molecule has 3 aromatic rings. The standard InChI is InChI=1S/C24H22ClFN6O2/c1-3-16-6-14-7-22(33)30-31-23(14)21(4-2)32(16)24(34)29-20-9-18(25)17(8-19(20)26)15-5-13(10-27)11-28-12-15/h5,7-9,11-12,16,21H,3-4,6H2,1-2H3,(H,29,34)(H,30,33)/t16-,21+/m0/s1. The SMILES string of the molecule is CC[C@H]1Cc2cc(=O)[nH]nc2[C@@H](CC)N1C(=O)Nc1cc(Cl)c(-c2cncc(C#N)c2)cc1F. The van der Waals surface area contributed by atoms with E-state index in [4.69, 9.17) is 16.9 Å². The maximum atomic E-state index is 15.0. The first-order valence-corrected chi connectivity index (χ1v) is 11.3. The van der Waals surface area contributed by atoms with Crippen molar-refractivity contribution >= 4 is 23.3 Å². The summed E-state index contributed by atoms with van der Waals surface area (Å²) in [4.78, 5) is 30.7. The highest BCUT2D eigenvalue weighted by molar-refractivity contribution is 6.33. The highest BCUT2D eigenvalue weighted by Gasteiger charge is 2.37. The minimum absolute atomic E-state index is 0.0620. The molecule has 4 rings (SSSR count). The number of aromatic nitrogens is 3. The van der Waals surface area contributed by atoms with Gasteiger partial charge >= 0.3 is 6.03 Å². The summed E-state index contributed by atoms with van der Waals surface area (Å²) in [6, 6.07) is 6.60. The highest BCUT2D eigenvalue weighted by atomic mass is 35.5. The Kier molecular flexibility index (Phi) is 6.61. The molecule has 0 unspecified atom stereocenters. The van der Waals surface area contributed by atoms with Gasteiger partial charge in [0.25, 0.3) is 5.56 Å². The predicted octanol–water partition coefficient (Wildman–Crippen LogP) is 4.82. The summed E-state index contributed by atoms with van der Waals surface area (Å²) in [6.07, 6.45) is 4.59. The van der Waals surface area contributed by atoms with E-state index in [1.165, 1.54) is 30.6 Å².